The van der Waals surface area contributed by atoms with Crippen LogP contribution in [0.5, 0.6) is 0 Å². The van der Waals surface area contributed by atoms with Crippen molar-refractivity contribution in [2.75, 3.05) is 28.0 Å². The zero-order valence-electron chi connectivity index (χ0n) is 63.3. The van der Waals surface area contributed by atoms with Crippen molar-refractivity contribution < 1.29 is 26.8 Å². The molecule has 0 unspecified atom stereocenters. The van der Waals surface area contributed by atoms with Gasteiger partial charge in [-0.2, -0.15) is 15.3 Å². The third-order valence-corrected chi connectivity index (χ3v) is 20.8. The number of H-pyrrole nitrogens is 6. The Balaban J connectivity index is 0.000000131. The second-order valence-electron chi connectivity index (χ2n) is 29.2. The van der Waals surface area contributed by atoms with Crippen LogP contribution in [0, 0.1) is 23.5 Å². The van der Waals surface area contributed by atoms with Gasteiger partial charge < -0.3 is 30.9 Å². The highest BCUT2D eigenvalue weighted by Crippen LogP contribution is 2.39. The molecule has 29 heteroatoms. The Labute approximate surface area is 660 Å². The number of hydrogen-bond donors (Lipinski definition) is 9. The Morgan fingerprint density at radius 1 is 0.435 bits per heavy atom. The number of benzene rings is 5. The van der Waals surface area contributed by atoms with E-state index in [1.54, 1.807) is 91.4 Å². The second-order valence-corrected chi connectivity index (χ2v) is 32.4. The SMILES string of the molecule is CC(C)CC(=O)Nc1cncc(-c2ccc3[nH]nc(-c4nc5c(-c6cc(F)cc(CCS(C)(=O)=O)c6)cncc5[nH]4)c3c2)c1.CC(C)CC(=O)Nc1cncc(-c2ccc3[nH]nc(-c4nc5c(-c6cccs6)cncc5[nH]4)c3c2)c1.CC(C)Nc1cncc(-c2ccc3[nH]nc(-c4nc5c(-c6ccccc6F)cncc5[nH]4)c3c2)c1. The van der Waals surface area contributed by atoms with Crippen molar-refractivity contribution in [3.8, 4) is 101 Å². The summed E-state index contributed by atoms with van der Waals surface area (Å²) >= 11 is 1.66. The summed E-state index contributed by atoms with van der Waals surface area (Å²) in [5, 5.41) is 36.9. The average molecular weight is 1570 g/mol. The summed E-state index contributed by atoms with van der Waals surface area (Å²) in [6.45, 7) is 12.2. The highest BCUT2D eigenvalue weighted by Gasteiger charge is 2.23. The first-order valence-corrected chi connectivity index (χ1v) is 40.0. The molecule has 0 fully saturated rings. The van der Waals surface area contributed by atoms with Crippen LogP contribution < -0.4 is 16.0 Å². The molecule has 574 valence electrons. The van der Waals surface area contributed by atoms with E-state index in [2.05, 4.69) is 130 Å². The Morgan fingerprint density at radius 2 is 0.878 bits per heavy atom. The lowest BCUT2D eigenvalue weighted by atomic mass is 10.0. The number of pyridine rings is 6. The average Bonchev–Trinajstić information content (AvgIpc) is 1.62. The highest BCUT2D eigenvalue weighted by atomic mass is 32.2. The van der Waals surface area contributed by atoms with Crippen LogP contribution in [-0.4, -0.2) is 129 Å². The number of sulfone groups is 1. The fraction of sp³-hybridized carbons (Fsp3) is 0.163. The van der Waals surface area contributed by atoms with Crippen molar-refractivity contribution >= 4 is 116 Å². The first-order valence-electron chi connectivity index (χ1n) is 37.1. The van der Waals surface area contributed by atoms with Crippen molar-refractivity contribution in [3.63, 3.8) is 0 Å². The molecular weight excluding hydrogens is 1490 g/mol. The molecule has 115 heavy (non-hydrogen) atoms. The Kier molecular flexibility index (Phi) is 20.9. The fourth-order valence-electron chi connectivity index (χ4n) is 13.7. The van der Waals surface area contributed by atoms with Crippen molar-refractivity contribution in [3.05, 3.63) is 224 Å². The molecule has 13 aromatic heterocycles. The van der Waals surface area contributed by atoms with E-state index in [0.29, 0.717) is 115 Å². The van der Waals surface area contributed by atoms with Crippen molar-refractivity contribution in [1.29, 1.82) is 0 Å². The smallest absolute Gasteiger partial charge is 0.224 e. The molecule has 18 aromatic rings. The van der Waals surface area contributed by atoms with Crippen LogP contribution in [0.25, 0.3) is 166 Å². The molecule has 0 saturated heterocycles. The number of halogens is 2. The normalized spacial score (nSPS) is 11.7. The second kappa shape index (κ2) is 32.0. The lowest BCUT2D eigenvalue weighted by Gasteiger charge is -2.11. The van der Waals surface area contributed by atoms with E-state index in [-0.39, 0.29) is 35.7 Å². The van der Waals surface area contributed by atoms with Gasteiger partial charge in [0, 0.05) is 128 Å². The topological polar surface area (TPSA) is 354 Å². The standard InChI is InChI=1S/C32H30FN7O3S.C27H22FN7.C27H23N7OS/c1-18(2)8-29(41)36-24-12-22(14-34-15-24)20-4-5-27-25(13-20)31(40-39-27)32-37-28-17-35-16-26(30(28)38-32)21-9-19(10-23(33)11-21)6-7-44(3,42)43;1-15(2)31-18-9-17(11-29-12-18)16-7-8-23-20(10-16)26(35-34-23)27-32-24-14-30-13-21(25(24)33-27)19-5-3-4-6-22(19)28;1-15(2)8-24(35)30-18-9-17(11-28-12-18)16-5-6-21-19(10-16)26(34-33-21)27-31-22-14-29-13-20(25(22)32-27)23-4-3-7-36-23/h4-5,9-18H,6-8H2,1-3H3,(H,36,41)(H,37,38)(H,39,40);3-15,31H,1-2H3,(H,32,33)(H,34,35);3-7,9-15H,8H2,1-2H3,(H,30,35)(H,31,32)(H,33,34). The van der Waals surface area contributed by atoms with Gasteiger partial charge in [-0.1, -0.05) is 76.2 Å². The van der Waals surface area contributed by atoms with Gasteiger partial charge in [-0.25, -0.2) is 32.2 Å². The number of rotatable bonds is 20. The van der Waals surface area contributed by atoms with Crippen molar-refractivity contribution in [1.82, 2.24) is 90.4 Å². The third kappa shape index (κ3) is 16.7. The molecule has 0 bridgehead atoms. The first-order chi connectivity index (χ1) is 55.6. The van der Waals surface area contributed by atoms with Crippen LogP contribution in [0.15, 0.2) is 207 Å². The molecule has 0 saturated carbocycles. The number of amides is 2. The van der Waals surface area contributed by atoms with Crippen LogP contribution in [0.3, 0.4) is 0 Å². The van der Waals surface area contributed by atoms with Gasteiger partial charge in [-0.05, 0) is 144 Å². The number of aromatic amines is 6. The molecule has 0 atom stereocenters. The van der Waals surface area contributed by atoms with Gasteiger partial charge >= 0.3 is 0 Å². The summed E-state index contributed by atoms with van der Waals surface area (Å²) in [5.41, 5.74) is 20.6. The zero-order chi connectivity index (χ0) is 79.6. The van der Waals surface area contributed by atoms with Gasteiger partial charge in [0.1, 0.15) is 49.6 Å². The van der Waals surface area contributed by atoms with Crippen molar-refractivity contribution in [2.45, 2.75) is 66.8 Å². The summed E-state index contributed by atoms with van der Waals surface area (Å²) in [4.78, 5) is 76.2. The maximum atomic E-state index is 14.6. The number of nitrogens with one attached hydrogen (secondary N) is 9. The minimum Gasteiger partial charge on any atom is -0.382 e. The summed E-state index contributed by atoms with van der Waals surface area (Å²) in [7, 11) is -3.20. The molecular formula is C86H75F2N21O4S2. The monoisotopic (exact) mass is 1570 g/mol. The molecule has 0 radical (unpaired) electrons. The number of carbonyl (C=O) groups is 2. The molecule has 25 nitrogen and oxygen atoms in total. The molecule has 18 rings (SSSR count). The number of aromatic nitrogens is 18. The fourth-order valence-corrected chi connectivity index (χ4v) is 15.1. The molecule has 9 N–H and O–H groups in total. The van der Waals surface area contributed by atoms with Crippen LogP contribution in [0.2, 0.25) is 0 Å². The molecule has 0 aliphatic heterocycles. The van der Waals surface area contributed by atoms with E-state index >= 15 is 0 Å². The highest BCUT2D eigenvalue weighted by molar-refractivity contribution is 7.90. The van der Waals surface area contributed by atoms with Crippen LogP contribution in [-0.2, 0) is 25.8 Å². The Hall–Kier alpha value is -13.9. The van der Waals surface area contributed by atoms with Gasteiger partial charge in [-0.15, -0.1) is 11.3 Å². The number of aryl methyl sites for hydroxylation is 1. The maximum Gasteiger partial charge on any atom is 0.224 e. The number of fused-ring (bicyclic) bond motifs is 6. The van der Waals surface area contributed by atoms with E-state index in [0.717, 1.165) is 105 Å². The molecule has 2 amide bonds. The number of anilines is 3. The molecule has 0 aliphatic rings. The number of imidazole rings is 3. The van der Waals surface area contributed by atoms with E-state index in [9.17, 15) is 26.8 Å². The minimum atomic E-state index is -3.20. The van der Waals surface area contributed by atoms with Crippen LogP contribution in [0.4, 0.5) is 25.8 Å². The van der Waals surface area contributed by atoms with Gasteiger partial charge in [0.15, 0.2) is 17.5 Å². The zero-order valence-corrected chi connectivity index (χ0v) is 64.9. The number of hydrogen-bond acceptors (Lipinski definition) is 18. The molecule has 0 spiro atoms. The summed E-state index contributed by atoms with van der Waals surface area (Å²) in [6, 6.07) is 39.5. The van der Waals surface area contributed by atoms with E-state index in [4.69, 9.17) is 15.0 Å². The molecule has 13 heterocycles. The Bertz CT molecular complexity index is 6800. The lowest BCUT2D eigenvalue weighted by Crippen LogP contribution is -2.13. The quantitative estimate of drug-likeness (QED) is 0.0342. The number of carbonyl (C=O) groups excluding carboxylic acids is 2. The molecule has 5 aromatic carbocycles. The predicted molar refractivity (Wildman–Crippen MR) is 449 cm³/mol. The van der Waals surface area contributed by atoms with Crippen LogP contribution >= 0.6 is 11.3 Å². The van der Waals surface area contributed by atoms with Crippen LogP contribution in [0.1, 0.15) is 59.9 Å². The largest absolute Gasteiger partial charge is 0.382 e. The summed E-state index contributed by atoms with van der Waals surface area (Å²) in [5.74, 6) is 1.35. The number of thiophene rings is 1. The van der Waals surface area contributed by atoms with Gasteiger partial charge in [0.05, 0.1) is 92.4 Å². The minimum absolute atomic E-state index is 0.0159. The van der Waals surface area contributed by atoms with E-state index < -0.39 is 15.7 Å². The van der Waals surface area contributed by atoms with E-state index in [1.165, 1.54) is 18.2 Å². The number of nitrogens with zero attached hydrogens (tertiary/aromatic N) is 12. The van der Waals surface area contributed by atoms with Crippen molar-refractivity contribution in [2.24, 2.45) is 11.8 Å². The molecule has 0 aliphatic carbocycles. The first kappa shape index (κ1) is 75.1. The van der Waals surface area contributed by atoms with Gasteiger partial charge in [0.2, 0.25) is 11.8 Å². The summed E-state index contributed by atoms with van der Waals surface area (Å²) in [6.07, 6.45) is 22.9. The maximum absolute atomic E-state index is 14.6. The predicted octanol–water partition coefficient (Wildman–Crippen LogP) is 18.4. The van der Waals surface area contributed by atoms with Gasteiger partial charge in [-0.3, -0.25) is 54.8 Å². The Morgan fingerprint density at radius 3 is 1.34 bits per heavy atom. The van der Waals surface area contributed by atoms with Gasteiger partial charge in [0.25, 0.3) is 0 Å². The third-order valence-electron chi connectivity index (χ3n) is 18.9. The van der Waals surface area contributed by atoms with E-state index in [1.807, 2.05) is 112 Å². The lowest BCUT2D eigenvalue weighted by molar-refractivity contribution is -0.117. The summed E-state index contributed by atoms with van der Waals surface area (Å²) < 4.78 is 52.5.